The number of hydrogen-bond acceptors (Lipinski definition) is 4. The van der Waals surface area contributed by atoms with Crippen LogP contribution in [0.15, 0.2) is 29.3 Å². The zero-order chi connectivity index (χ0) is 20.5. The summed E-state index contributed by atoms with van der Waals surface area (Å²) in [5.41, 5.74) is 2.91. The van der Waals surface area contributed by atoms with E-state index in [0.717, 1.165) is 64.8 Å². The monoisotopic (exact) mass is 530 g/mol. The molecule has 2 N–H and O–H groups in total. The lowest BCUT2D eigenvalue weighted by atomic mass is 9.89. The number of nitrogens with one attached hydrogen (secondary N) is 2. The predicted molar refractivity (Wildman–Crippen MR) is 134 cm³/mol. The Morgan fingerprint density at radius 2 is 2.00 bits per heavy atom. The summed E-state index contributed by atoms with van der Waals surface area (Å²) in [6.45, 7) is 10.6. The molecule has 1 unspecified atom stereocenters. The van der Waals surface area contributed by atoms with Gasteiger partial charge in [-0.05, 0) is 50.7 Å². The number of rotatable bonds is 8. The van der Waals surface area contributed by atoms with Crippen molar-refractivity contribution >= 4 is 29.9 Å². The highest BCUT2D eigenvalue weighted by molar-refractivity contribution is 14.0. The highest BCUT2D eigenvalue weighted by atomic mass is 127. The third-order valence-electron chi connectivity index (χ3n) is 6.03. The summed E-state index contributed by atoms with van der Waals surface area (Å²) in [7, 11) is 1.83. The highest BCUT2D eigenvalue weighted by Crippen LogP contribution is 2.32. The smallest absolute Gasteiger partial charge is 0.191 e. The van der Waals surface area contributed by atoms with E-state index < -0.39 is 0 Å². The van der Waals surface area contributed by atoms with Crippen molar-refractivity contribution in [3.8, 4) is 0 Å². The number of nitrogens with zero attached hydrogens (tertiary/aromatic N) is 2. The van der Waals surface area contributed by atoms with Crippen LogP contribution in [0, 0.1) is 0 Å². The number of morpholine rings is 1. The number of hydrogen-bond donors (Lipinski definition) is 2. The Morgan fingerprint density at radius 1 is 1.23 bits per heavy atom. The first kappa shape index (κ1) is 25.4. The van der Waals surface area contributed by atoms with Crippen molar-refractivity contribution in [2.24, 2.45) is 4.99 Å². The van der Waals surface area contributed by atoms with Crippen LogP contribution in [0.1, 0.15) is 50.3 Å². The van der Waals surface area contributed by atoms with Crippen LogP contribution < -0.4 is 10.6 Å². The van der Waals surface area contributed by atoms with Gasteiger partial charge in [-0.2, -0.15) is 0 Å². The maximum Gasteiger partial charge on any atom is 0.191 e. The molecule has 0 bridgehead atoms. The number of aliphatic imine (C=N–C) groups is 1. The van der Waals surface area contributed by atoms with Crippen LogP contribution in [0.4, 0.5) is 0 Å². The summed E-state index contributed by atoms with van der Waals surface area (Å²) in [4.78, 5) is 6.84. The molecule has 1 atom stereocenters. The van der Waals surface area contributed by atoms with E-state index in [1.54, 1.807) is 0 Å². The van der Waals surface area contributed by atoms with E-state index in [0.29, 0.717) is 0 Å². The largest absolute Gasteiger partial charge is 0.379 e. The summed E-state index contributed by atoms with van der Waals surface area (Å²) in [6.07, 6.45) is 4.75. The summed E-state index contributed by atoms with van der Waals surface area (Å²) < 4.78 is 11.7. The first-order valence-electron chi connectivity index (χ1n) is 11.1. The van der Waals surface area contributed by atoms with Gasteiger partial charge in [0, 0.05) is 45.4 Å². The standard InChI is InChI=1S/C23H38N4O2.HI/c1-23(2,27-13-16-28-17-14-27)18-26-22(24-3)25-12-7-15-29-21-11-6-9-19-8-4-5-10-20(19)21;/h4-5,8,10,21H,6-7,9,11-18H2,1-3H3,(H2,24,25,26);1H. The molecule has 6 nitrogen and oxygen atoms in total. The number of benzene rings is 1. The molecule has 3 rings (SSSR count). The van der Waals surface area contributed by atoms with Crippen LogP contribution in [-0.4, -0.2) is 69.4 Å². The molecule has 1 aromatic carbocycles. The van der Waals surface area contributed by atoms with Gasteiger partial charge in [0.25, 0.3) is 0 Å². The van der Waals surface area contributed by atoms with Gasteiger partial charge in [0.15, 0.2) is 5.96 Å². The molecular formula is C23H39IN4O2. The van der Waals surface area contributed by atoms with E-state index in [-0.39, 0.29) is 35.6 Å². The third-order valence-corrected chi connectivity index (χ3v) is 6.03. The Labute approximate surface area is 199 Å². The van der Waals surface area contributed by atoms with Crippen molar-refractivity contribution < 1.29 is 9.47 Å². The van der Waals surface area contributed by atoms with Crippen LogP contribution in [0.25, 0.3) is 0 Å². The molecule has 1 fully saturated rings. The van der Waals surface area contributed by atoms with E-state index in [1.807, 2.05) is 7.05 Å². The van der Waals surface area contributed by atoms with Crippen LogP contribution in [-0.2, 0) is 15.9 Å². The molecule has 0 saturated carbocycles. The Bertz CT molecular complexity index is 662. The molecule has 30 heavy (non-hydrogen) atoms. The molecule has 0 radical (unpaired) electrons. The Kier molecular flexibility index (Phi) is 10.8. The van der Waals surface area contributed by atoms with E-state index in [9.17, 15) is 0 Å². The molecule has 170 valence electrons. The second-order valence-corrected chi connectivity index (χ2v) is 8.57. The fourth-order valence-electron chi connectivity index (χ4n) is 4.19. The maximum atomic E-state index is 6.20. The van der Waals surface area contributed by atoms with E-state index in [2.05, 4.69) is 58.6 Å². The zero-order valence-electron chi connectivity index (χ0n) is 18.8. The molecule has 0 amide bonds. The number of halogens is 1. The average molecular weight is 530 g/mol. The average Bonchev–Trinajstić information content (AvgIpc) is 2.76. The first-order chi connectivity index (χ1) is 14.1. The molecule has 1 aliphatic carbocycles. The lowest BCUT2D eigenvalue weighted by Crippen LogP contribution is -2.56. The van der Waals surface area contributed by atoms with E-state index >= 15 is 0 Å². The van der Waals surface area contributed by atoms with Gasteiger partial charge >= 0.3 is 0 Å². The minimum atomic E-state index is 0. The quantitative estimate of drug-likeness (QED) is 0.234. The van der Waals surface area contributed by atoms with Gasteiger partial charge in [-0.25, -0.2) is 0 Å². The molecule has 1 aromatic rings. The topological polar surface area (TPSA) is 58.1 Å². The molecule has 0 aromatic heterocycles. The van der Waals surface area contributed by atoms with Crippen LogP contribution in [0.5, 0.6) is 0 Å². The van der Waals surface area contributed by atoms with Crippen molar-refractivity contribution in [2.45, 2.75) is 51.2 Å². The highest BCUT2D eigenvalue weighted by Gasteiger charge is 2.28. The normalized spacial score (nSPS) is 20.2. The second kappa shape index (κ2) is 12.8. The second-order valence-electron chi connectivity index (χ2n) is 8.57. The lowest BCUT2D eigenvalue weighted by Gasteiger charge is -2.41. The van der Waals surface area contributed by atoms with Gasteiger partial charge < -0.3 is 20.1 Å². The molecular weight excluding hydrogens is 491 g/mol. The van der Waals surface area contributed by atoms with Gasteiger partial charge in [-0.3, -0.25) is 9.89 Å². The predicted octanol–water partition coefficient (Wildman–Crippen LogP) is 3.36. The summed E-state index contributed by atoms with van der Waals surface area (Å²) in [5, 5.41) is 6.89. The molecule has 1 aliphatic heterocycles. The van der Waals surface area contributed by atoms with Crippen molar-refractivity contribution in [1.82, 2.24) is 15.5 Å². The van der Waals surface area contributed by atoms with Crippen LogP contribution in [0.3, 0.4) is 0 Å². The minimum absolute atomic E-state index is 0. The number of fused-ring (bicyclic) bond motifs is 1. The fraction of sp³-hybridized carbons (Fsp3) is 0.696. The van der Waals surface area contributed by atoms with Crippen molar-refractivity contribution in [2.75, 3.05) is 53.0 Å². The maximum absolute atomic E-state index is 6.20. The van der Waals surface area contributed by atoms with Gasteiger partial charge in [-0.1, -0.05) is 24.3 Å². The molecule has 0 spiro atoms. The summed E-state index contributed by atoms with van der Waals surface area (Å²) >= 11 is 0. The third kappa shape index (κ3) is 7.35. The van der Waals surface area contributed by atoms with Gasteiger partial charge in [0.05, 0.1) is 19.3 Å². The molecule has 2 aliphatic rings. The number of aryl methyl sites for hydroxylation is 1. The molecule has 7 heteroatoms. The minimum Gasteiger partial charge on any atom is -0.379 e. The SMILES string of the molecule is CN=C(NCCCOC1CCCc2ccccc21)NCC(C)(C)N1CCOCC1.I. The Balaban J connectivity index is 0.00000320. The van der Waals surface area contributed by atoms with Crippen molar-refractivity contribution in [3.05, 3.63) is 35.4 Å². The molecule has 1 heterocycles. The van der Waals surface area contributed by atoms with Crippen molar-refractivity contribution in [3.63, 3.8) is 0 Å². The van der Waals surface area contributed by atoms with E-state index in [1.165, 1.54) is 24.0 Å². The number of guanidine groups is 1. The van der Waals surface area contributed by atoms with Crippen molar-refractivity contribution in [1.29, 1.82) is 0 Å². The summed E-state index contributed by atoms with van der Waals surface area (Å²) in [6, 6.07) is 8.71. The Morgan fingerprint density at radius 3 is 2.77 bits per heavy atom. The Hall–Kier alpha value is -0.900. The van der Waals surface area contributed by atoms with Crippen LogP contribution >= 0.6 is 24.0 Å². The molecule has 1 saturated heterocycles. The fourth-order valence-corrected chi connectivity index (χ4v) is 4.19. The van der Waals surface area contributed by atoms with Crippen LogP contribution in [0.2, 0.25) is 0 Å². The lowest BCUT2D eigenvalue weighted by molar-refractivity contribution is -0.00834. The summed E-state index contributed by atoms with van der Waals surface area (Å²) in [5.74, 6) is 0.856. The van der Waals surface area contributed by atoms with Gasteiger partial charge in [0.1, 0.15) is 0 Å². The zero-order valence-corrected chi connectivity index (χ0v) is 21.1. The van der Waals surface area contributed by atoms with Gasteiger partial charge in [0.2, 0.25) is 0 Å². The first-order valence-corrected chi connectivity index (χ1v) is 11.1. The van der Waals surface area contributed by atoms with E-state index in [4.69, 9.17) is 9.47 Å². The van der Waals surface area contributed by atoms with Gasteiger partial charge in [-0.15, -0.1) is 24.0 Å². The number of ether oxygens (including phenoxy) is 2.